The van der Waals surface area contributed by atoms with Crippen molar-refractivity contribution in [3.63, 3.8) is 0 Å². The molecule has 3 atom stereocenters. The molecule has 0 N–H and O–H groups in total. The van der Waals surface area contributed by atoms with E-state index in [2.05, 4.69) is 16.2 Å². The molecule has 2 fully saturated rings. The number of methoxy groups -OCH3 is 1. The Morgan fingerprint density at radius 1 is 1.64 bits per heavy atom. The van der Waals surface area contributed by atoms with Gasteiger partial charge in [0.1, 0.15) is 0 Å². The third-order valence-corrected chi connectivity index (χ3v) is 3.60. The first-order valence-corrected chi connectivity index (χ1v) is 4.78. The fourth-order valence-electron chi connectivity index (χ4n) is 2.69. The van der Waals surface area contributed by atoms with E-state index in [4.69, 9.17) is 6.57 Å². The molecule has 0 aromatic carbocycles. The van der Waals surface area contributed by atoms with E-state index >= 15 is 0 Å². The maximum Gasteiger partial charge on any atom is 0.333 e. The minimum Gasteiger partial charge on any atom is -0.466 e. The number of carbonyl (C=O) groups is 1. The molecule has 2 saturated carbocycles. The van der Waals surface area contributed by atoms with Crippen molar-refractivity contribution in [2.24, 2.45) is 11.3 Å². The summed E-state index contributed by atoms with van der Waals surface area (Å²) in [6, 6.07) is 0.0927. The predicted molar refractivity (Wildman–Crippen MR) is 51.3 cm³/mol. The molecule has 2 rings (SSSR count). The molecule has 0 bridgehead atoms. The van der Waals surface area contributed by atoms with Gasteiger partial charge in [-0.1, -0.05) is 6.58 Å². The molecule has 0 radical (unpaired) electrons. The summed E-state index contributed by atoms with van der Waals surface area (Å²) in [4.78, 5) is 14.9. The lowest BCUT2D eigenvalue weighted by Crippen LogP contribution is -2.15. The van der Waals surface area contributed by atoms with Crippen LogP contribution in [-0.4, -0.2) is 19.1 Å². The lowest BCUT2D eigenvalue weighted by atomic mass is 9.93. The molecule has 0 spiro atoms. The number of nitrogens with zero attached hydrogens (tertiary/aromatic N) is 1. The number of rotatable bonds is 2. The van der Waals surface area contributed by atoms with Crippen molar-refractivity contribution >= 4 is 5.97 Å². The number of hydrogen-bond donors (Lipinski definition) is 0. The maximum absolute atomic E-state index is 11.3. The maximum atomic E-state index is 11.3. The summed E-state index contributed by atoms with van der Waals surface area (Å²) in [5.41, 5.74) is 0.513. The summed E-state index contributed by atoms with van der Waals surface area (Å²) in [7, 11) is 1.38. The van der Waals surface area contributed by atoms with Crippen LogP contribution in [0, 0.1) is 17.9 Å². The van der Waals surface area contributed by atoms with Gasteiger partial charge in [-0.05, 0) is 12.3 Å². The normalized spacial score (nSPS) is 38.3. The summed E-state index contributed by atoms with van der Waals surface area (Å²) < 4.78 is 4.67. The number of carbonyl (C=O) groups excluding carboxylic acids is 1. The van der Waals surface area contributed by atoms with E-state index in [1.807, 2.05) is 0 Å². The van der Waals surface area contributed by atoms with Gasteiger partial charge in [0.05, 0.1) is 7.11 Å². The lowest BCUT2D eigenvalue weighted by Gasteiger charge is -2.12. The molecule has 0 amide bonds. The number of esters is 1. The van der Waals surface area contributed by atoms with E-state index in [9.17, 15) is 4.79 Å². The van der Waals surface area contributed by atoms with E-state index in [0.29, 0.717) is 11.5 Å². The van der Waals surface area contributed by atoms with Gasteiger partial charge in [0.15, 0.2) is 0 Å². The van der Waals surface area contributed by atoms with E-state index < -0.39 is 0 Å². The average Bonchev–Trinajstić information content (AvgIpc) is 2.79. The molecule has 0 heterocycles. The predicted octanol–water partition coefficient (Wildman–Crippen LogP) is 1.80. The van der Waals surface area contributed by atoms with Gasteiger partial charge in [-0.25, -0.2) is 11.4 Å². The molecule has 0 aromatic rings. The van der Waals surface area contributed by atoms with Crippen LogP contribution in [0.3, 0.4) is 0 Å². The number of hydrogen-bond acceptors (Lipinski definition) is 2. The first-order valence-electron chi connectivity index (χ1n) is 4.78. The van der Waals surface area contributed by atoms with Crippen LogP contribution < -0.4 is 0 Å². The SMILES string of the molecule is [C-]#[N+]C1CC2CC2(C(=C)C(=O)OC)C1. The monoisotopic (exact) mass is 191 g/mol. The lowest BCUT2D eigenvalue weighted by molar-refractivity contribution is -0.136. The number of ether oxygens (including phenoxy) is 1. The second-order valence-electron chi connectivity index (χ2n) is 4.25. The molecule has 74 valence electrons. The summed E-state index contributed by atoms with van der Waals surface area (Å²) in [6.07, 6.45) is 2.75. The fraction of sp³-hybridized carbons (Fsp3) is 0.636. The van der Waals surface area contributed by atoms with Crippen LogP contribution in [0.1, 0.15) is 19.3 Å². The van der Waals surface area contributed by atoms with Gasteiger partial charge in [0.2, 0.25) is 6.04 Å². The minimum absolute atomic E-state index is 0.0672. The Labute approximate surface area is 83.6 Å². The van der Waals surface area contributed by atoms with Gasteiger partial charge >= 0.3 is 5.97 Å². The zero-order valence-corrected chi connectivity index (χ0v) is 8.25. The van der Waals surface area contributed by atoms with Gasteiger partial charge < -0.3 is 9.58 Å². The molecule has 0 aromatic heterocycles. The fourth-order valence-corrected chi connectivity index (χ4v) is 2.69. The Morgan fingerprint density at radius 3 is 2.86 bits per heavy atom. The highest BCUT2D eigenvalue weighted by Crippen LogP contribution is 2.67. The Morgan fingerprint density at radius 2 is 2.36 bits per heavy atom. The molecule has 2 aliphatic carbocycles. The first-order chi connectivity index (χ1) is 6.64. The molecule has 3 unspecified atom stereocenters. The van der Waals surface area contributed by atoms with Crippen LogP contribution in [0.5, 0.6) is 0 Å². The molecule has 14 heavy (non-hydrogen) atoms. The van der Waals surface area contributed by atoms with Crippen LogP contribution in [0.2, 0.25) is 0 Å². The van der Waals surface area contributed by atoms with E-state index in [0.717, 1.165) is 19.3 Å². The smallest absolute Gasteiger partial charge is 0.333 e. The van der Waals surface area contributed by atoms with E-state index in [1.54, 1.807) is 0 Å². The first kappa shape index (κ1) is 9.26. The molecule has 3 nitrogen and oxygen atoms in total. The van der Waals surface area contributed by atoms with Crippen molar-refractivity contribution in [2.45, 2.75) is 25.3 Å². The van der Waals surface area contributed by atoms with Gasteiger partial charge in [0.25, 0.3) is 0 Å². The largest absolute Gasteiger partial charge is 0.466 e. The topological polar surface area (TPSA) is 30.7 Å². The Kier molecular flexibility index (Phi) is 1.88. The van der Waals surface area contributed by atoms with Crippen LogP contribution in [0.15, 0.2) is 12.2 Å². The summed E-state index contributed by atoms with van der Waals surface area (Å²) in [5, 5.41) is 0. The van der Waals surface area contributed by atoms with Crippen molar-refractivity contribution in [2.75, 3.05) is 7.11 Å². The van der Waals surface area contributed by atoms with Crippen LogP contribution in [0.4, 0.5) is 0 Å². The Bertz CT molecular complexity index is 342. The van der Waals surface area contributed by atoms with Crippen molar-refractivity contribution in [1.82, 2.24) is 0 Å². The van der Waals surface area contributed by atoms with Crippen molar-refractivity contribution in [3.05, 3.63) is 23.6 Å². The molecule has 0 aliphatic heterocycles. The second kappa shape index (κ2) is 2.84. The van der Waals surface area contributed by atoms with Crippen molar-refractivity contribution < 1.29 is 9.53 Å². The summed E-state index contributed by atoms with van der Waals surface area (Å²) in [5.74, 6) is 0.200. The third kappa shape index (κ3) is 1.07. The second-order valence-corrected chi connectivity index (χ2v) is 4.25. The highest BCUT2D eigenvalue weighted by Gasteiger charge is 2.65. The van der Waals surface area contributed by atoms with Crippen LogP contribution in [-0.2, 0) is 9.53 Å². The van der Waals surface area contributed by atoms with Gasteiger partial charge in [-0.15, -0.1) is 0 Å². The zero-order chi connectivity index (χ0) is 10.3. The molecule has 2 aliphatic rings. The highest BCUT2D eigenvalue weighted by molar-refractivity contribution is 5.90. The molecule has 3 heteroatoms. The average molecular weight is 191 g/mol. The van der Waals surface area contributed by atoms with Crippen LogP contribution in [0.25, 0.3) is 4.85 Å². The van der Waals surface area contributed by atoms with E-state index in [1.165, 1.54) is 7.11 Å². The zero-order valence-electron chi connectivity index (χ0n) is 8.25. The van der Waals surface area contributed by atoms with Gasteiger partial charge in [-0.2, -0.15) is 0 Å². The molecule has 0 saturated heterocycles. The van der Waals surface area contributed by atoms with E-state index in [-0.39, 0.29) is 17.4 Å². The Hall–Kier alpha value is -1.30. The van der Waals surface area contributed by atoms with Gasteiger partial charge in [-0.3, -0.25) is 0 Å². The Balaban J connectivity index is 2.11. The van der Waals surface area contributed by atoms with Crippen molar-refractivity contribution in [3.8, 4) is 0 Å². The van der Waals surface area contributed by atoms with Gasteiger partial charge in [0, 0.05) is 23.8 Å². The molecular weight excluding hydrogens is 178 g/mol. The summed E-state index contributed by atoms with van der Waals surface area (Å²) in [6.45, 7) is 10.8. The quantitative estimate of drug-likeness (QED) is 0.378. The summed E-state index contributed by atoms with van der Waals surface area (Å²) >= 11 is 0. The molecular formula is C11H13NO2. The van der Waals surface area contributed by atoms with Crippen LogP contribution >= 0.6 is 0 Å². The standard InChI is InChI=1S/C11H13NO2/c1-7(10(13)14-3)11-5-8(11)4-9(6-11)12-2/h8-9H,1,4-6H2,3H3. The third-order valence-electron chi connectivity index (χ3n) is 3.60. The minimum atomic E-state index is -0.307. The highest BCUT2D eigenvalue weighted by atomic mass is 16.5. The number of fused-ring (bicyclic) bond motifs is 1. The van der Waals surface area contributed by atoms with Crippen molar-refractivity contribution in [1.29, 1.82) is 0 Å².